The summed E-state index contributed by atoms with van der Waals surface area (Å²) in [7, 11) is 2.20. The van der Waals surface area contributed by atoms with Crippen molar-refractivity contribution < 1.29 is 9.13 Å². The maximum Gasteiger partial charge on any atom is 0.186 e. The molecule has 31 heavy (non-hydrogen) atoms. The topological polar surface area (TPSA) is 28.6 Å². The van der Waals surface area contributed by atoms with Crippen molar-refractivity contribution in [2.75, 3.05) is 25.0 Å². The largest absolute Gasteiger partial charge is 0.490 e. The van der Waals surface area contributed by atoms with E-state index in [1.54, 1.807) is 23.5 Å². The van der Waals surface area contributed by atoms with Gasteiger partial charge in [0, 0.05) is 32.2 Å². The van der Waals surface area contributed by atoms with Crippen LogP contribution in [0.3, 0.4) is 0 Å². The Hall–Kier alpha value is -2.18. The van der Waals surface area contributed by atoms with Gasteiger partial charge in [0.15, 0.2) is 5.13 Å². The molecule has 2 aliphatic rings. The second-order valence-corrected chi connectivity index (χ2v) is 9.85. The van der Waals surface area contributed by atoms with Gasteiger partial charge in [-0.15, -0.1) is 0 Å². The third-order valence-corrected chi connectivity index (χ3v) is 8.03. The number of nitrogens with zero attached hydrogens (tertiary/aromatic N) is 3. The standard InChI is InChI=1S/C25H30FN3OS/c1-28(25-27-23-4-2-3-5-24(23)31-25)19-14-16-29(17-15-19)20-8-12-22(13-9-20)30-21-10-6-18(26)7-11-21/h2-7,10-11,19-20,22H,8-9,12-17H2,1H3/t20-,22-. The van der Waals surface area contributed by atoms with Crippen LogP contribution in [0.25, 0.3) is 10.2 Å². The summed E-state index contributed by atoms with van der Waals surface area (Å²) in [6.45, 7) is 2.32. The van der Waals surface area contributed by atoms with Crippen LogP contribution >= 0.6 is 11.3 Å². The minimum absolute atomic E-state index is 0.215. The van der Waals surface area contributed by atoms with Crippen LogP contribution in [0, 0.1) is 5.82 Å². The van der Waals surface area contributed by atoms with E-state index >= 15 is 0 Å². The summed E-state index contributed by atoms with van der Waals surface area (Å²) in [5.41, 5.74) is 1.10. The number of rotatable bonds is 5. The zero-order valence-electron chi connectivity index (χ0n) is 18.0. The molecule has 0 radical (unpaired) electrons. The number of fused-ring (bicyclic) bond motifs is 1. The van der Waals surface area contributed by atoms with Gasteiger partial charge in [-0.3, -0.25) is 0 Å². The van der Waals surface area contributed by atoms with Gasteiger partial charge in [-0.2, -0.15) is 0 Å². The first-order valence-electron chi connectivity index (χ1n) is 11.4. The lowest BCUT2D eigenvalue weighted by molar-refractivity contribution is 0.0733. The summed E-state index contributed by atoms with van der Waals surface area (Å²) in [6.07, 6.45) is 7.16. The molecule has 5 rings (SSSR count). The highest BCUT2D eigenvalue weighted by Gasteiger charge is 2.31. The fourth-order valence-corrected chi connectivity index (χ4v) is 6.04. The van der Waals surface area contributed by atoms with Gasteiger partial charge < -0.3 is 14.5 Å². The molecule has 1 saturated carbocycles. The van der Waals surface area contributed by atoms with Gasteiger partial charge in [0.25, 0.3) is 0 Å². The summed E-state index contributed by atoms with van der Waals surface area (Å²) in [5, 5.41) is 1.14. The predicted molar refractivity (Wildman–Crippen MR) is 126 cm³/mol. The third kappa shape index (κ3) is 4.70. The number of hydrogen-bond acceptors (Lipinski definition) is 5. The Kier molecular flexibility index (Phi) is 6.10. The Labute approximate surface area is 187 Å². The molecule has 1 aromatic heterocycles. The van der Waals surface area contributed by atoms with E-state index < -0.39 is 0 Å². The monoisotopic (exact) mass is 439 g/mol. The lowest BCUT2D eigenvalue weighted by atomic mass is 9.90. The van der Waals surface area contributed by atoms with Crippen molar-refractivity contribution in [2.45, 2.75) is 56.7 Å². The summed E-state index contributed by atoms with van der Waals surface area (Å²) >= 11 is 1.80. The zero-order valence-corrected chi connectivity index (χ0v) is 18.9. The average Bonchev–Trinajstić information content (AvgIpc) is 3.25. The van der Waals surface area contributed by atoms with Crippen molar-refractivity contribution >= 4 is 26.7 Å². The summed E-state index contributed by atoms with van der Waals surface area (Å²) in [4.78, 5) is 9.93. The fourth-order valence-electron chi connectivity index (χ4n) is 5.04. The molecule has 0 spiro atoms. The highest BCUT2D eigenvalue weighted by atomic mass is 32.1. The Morgan fingerprint density at radius 3 is 2.39 bits per heavy atom. The van der Waals surface area contributed by atoms with E-state index in [0.717, 1.165) is 42.3 Å². The smallest absolute Gasteiger partial charge is 0.186 e. The molecular weight excluding hydrogens is 409 g/mol. The van der Waals surface area contributed by atoms with Gasteiger partial charge in [-0.1, -0.05) is 23.5 Å². The van der Waals surface area contributed by atoms with Gasteiger partial charge in [-0.05, 0) is 74.9 Å². The van der Waals surface area contributed by atoms with Crippen LogP contribution in [0.1, 0.15) is 38.5 Å². The lowest BCUT2D eigenvalue weighted by Gasteiger charge is -2.42. The summed E-state index contributed by atoms with van der Waals surface area (Å²) in [5.74, 6) is 0.566. The van der Waals surface area contributed by atoms with E-state index in [-0.39, 0.29) is 11.9 Å². The molecule has 164 valence electrons. The number of hydrogen-bond donors (Lipinski definition) is 0. The molecule has 3 aromatic rings. The van der Waals surface area contributed by atoms with Gasteiger partial charge in [0.2, 0.25) is 0 Å². The number of thiazole rings is 1. The molecule has 6 heteroatoms. The van der Waals surface area contributed by atoms with Crippen LogP contribution in [0.5, 0.6) is 5.75 Å². The van der Waals surface area contributed by atoms with E-state index in [1.807, 2.05) is 0 Å². The van der Waals surface area contributed by atoms with E-state index in [2.05, 4.69) is 41.1 Å². The molecule has 1 aliphatic carbocycles. The van der Waals surface area contributed by atoms with Gasteiger partial charge in [0.1, 0.15) is 11.6 Å². The van der Waals surface area contributed by atoms with E-state index in [0.29, 0.717) is 12.1 Å². The van der Waals surface area contributed by atoms with Crippen LogP contribution in [0.15, 0.2) is 48.5 Å². The molecule has 2 fully saturated rings. The van der Waals surface area contributed by atoms with E-state index in [1.165, 1.54) is 42.5 Å². The molecule has 2 heterocycles. The number of likely N-dealkylation sites (tertiary alicyclic amines) is 1. The minimum atomic E-state index is -0.215. The van der Waals surface area contributed by atoms with E-state index in [9.17, 15) is 4.39 Å². The SMILES string of the molecule is CN(c1nc2ccccc2s1)C1CCN([C@H]2CC[C@H](Oc3ccc(F)cc3)CC2)CC1. The quantitative estimate of drug-likeness (QED) is 0.508. The van der Waals surface area contributed by atoms with Crippen molar-refractivity contribution in [1.29, 1.82) is 0 Å². The van der Waals surface area contributed by atoms with Crippen molar-refractivity contribution in [3.8, 4) is 5.75 Å². The van der Waals surface area contributed by atoms with Crippen molar-refractivity contribution in [1.82, 2.24) is 9.88 Å². The first-order chi connectivity index (χ1) is 15.2. The highest BCUT2D eigenvalue weighted by molar-refractivity contribution is 7.22. The van der Waals surface area contributed by atoms with Gasteiger partial charge in [0.05, 0.1) is 16.3 Å². The maximum atomic E-state index is 13.1. The van der Waals surface area contributed by atoms with Crippen molar-refractivity contribution in [3.05, 3.63) is 54.3 Å². The molecule has 1 saturated heterocycles. The van der Waals surface area contributed by atoms with Gasteiger partial charge >= 0.3 is 0 Å². The number of ether oxygens (including phenoxy) is 1. The number of piperidine rings is 1. The number of anilines is 1. The van der Waals surface area contributed by atoms with Crippen LogP contribution in [-0.4, -0.2) is 48.2 Å². The van der Waals surface area contributed by atoms with Crippen LogP contribution in [0.2, 0.25) is 0 Å². The highest BCUT2D eigenvalue weighted by Crippen LogP contribution is 2.33. The second kappa shape index (κ2) is 9.13. The van der Waals surface area contributed by atoms with Crippen molar-refractivity contribution in [2.24, 2.45) is 0 Å². The molecule has 0 amide bonds. The van der Waals surface area contributed by atoms with E-state index in [4.69, 9.17) is 9.72 Å². The number of para-hydroxylation sites is 1. The molecule has 0 N–H and O–H groups in total. The van der Waals surface area contributed by atoms with Gasteiger partial charge in [-0.25, -0.2) is 9.37 Å². The predicted octanol–water partition coefficient (Wildman–Crippen LogP) is 5.73. The third-order valence-electron chi connectivity index (χ3n) is 6.91. The van der Waals surface area contributed by atoms with Crippen LogP contribution < -0.4 is 9.64 Å². The summed E-state index contributed by atoms with van der Waals surface area (Å²) < 4.78 is 20.4. The lowest BCUT2D eigenvalue weighted by Crippen LogP contribution is -2.48. The molecule has 2 aromatic carbocycles. The second-order valence-electron chi connectivity index (χ2n) is 8.84. The first-order valence-corrected chi connectivity index (χ1v) is 12.2. The van der Waals surface area contributed by atoms with Crippen LogP contribution in [0.4, 0.5) is 9.52 Å². The Morgan fingerprint density at radius 2 is 1.68 bits per heavy atom. The zero-order chi connectivity index (χ0) is 21.2. The number of halogens is 1. The normalized spacial score (nSPS) is 23.2. The van der Waals surface area contributed by atoms with Crippen molar-refractivity contribution in [3.63, 3.8) is 0 Å². The molecule has 4 nitrogen and oxygen atoms in total. The molecule has 0 unspecified atom stereocenters. The Balaban J connectivity index is 1.10. The summed E-state index contributed by atoms with van der Waals surface area (Å²) in [6, 6.07) is 16.0. The molecular formula is C25H30FN3OS. The first kappa shape index (κ1) is 20.7. The Bertz CT molecular complexity index is 958. The van der Waals surface area contributed by atoms with Crippen LogP contribution in [-0.2, 0) is 0 Å². The fraction of sp³-hybridized carbons (Fsp3) is 0.480. The molecule has 1 aliphatic heterocycles. The molecule has 0 atom stereocenters. The molecule has 0 bridgehead atoms. The number of benzene rings is 2. The Morgan fingerprint density at radius 1 is 0.968 bits per heavy atom. The number of aromatic nitrogens is 1. The maximum absolute atomic E-state index is 13.1. The average molecular weight is 440 g/mol. The minimum Gasteiger partial charge on any atom is -0.490 e.